The minimum atomic E-state index is 0.559. The Morgan fingerprint density at radius 2 is 2.00 bits per heavy atom. The van der Waals surface area contributed by atoms with Gasteiger partial charge in [0, 0.05) is 19.0 Å². The normalized spacial score (nSPS) is 10.8. The molecule has 0 spiro atoms. The zero-order valence-corrected chi connectivity index (χ0v) is 12.0. The minimum Gasteiger partial charge on any atom is -0.362 e. The quantitative estimate of drug-likeness (QED) is 0.743. The van der Waals surface area contributed by atoms with Gasteiger partial charge in [-0.1, -0.05) is 12.1 Å². The van der Waals surface area contributed by atoms with Crippen LogP contribution in [-0.2, 0) is 13.6 Å². The van der Waals surface area contributed by atoms with Crippen LogP contribution in [0, 0.1) is 0 Å². The monoisotopic (exact) mass is 283 g/mol. The number of rotatable bonds is 5. The van der Waals surface area contributed by atoms with Gasteiger partial charge in [-0.25, -0.2) is 4.98 Å². The van der Waals surface area contributed by atoms with Crippen LogP contribution in [0.3, 0.4) is 0 Å². The third-order valence-corrected chi connectivity index (χ3v) is 3.16. The lowest BCUT2D eigenvalue weighted by atomic mass is 10.2. The van der Waals surface area contributed by atoms with Gasteiger partial charge in [0.1, 0.15) is 12.1 Å². The van der Waals surface area contributed by atoms with E-state index >= 15 is 0 Å². The van der Waals surface area contributed by atoms with Crippen LogP contribution in [0.5, 0.6) is 0 Å². The highest BCUT2D eigenvalue weighted by Crippen LogP contribution is 2.22. The van der Waals surface area contributed by atoms with Gasteiger partial charge in [-0.15, -0.1) is 10.2 Å². The lowest BCUT2D eigenvalue weighted by Crippen LogP contribution is -2.09. The molecule has 3 rings (SSSR count). The fourth-order valence-corrected chi connectivity index (χ4v) is 2.08. The number of para-hydroxylation sites is 1. The predicted molar refractivity (Wildman–Crippen MR) is 82.0 cm³/mol. The van der Waals surface area contributed by atoms with Gasteiger partial charge in [-0.2, -0.15) is 4.98 Å². The Kier molecular flexibility index (Phi) is 3.63. The predicted octanol–water partition coefficient (Wildman–Crippen LogP) is 1.80. The highest BCUT2D eigenvalue weighted by atomic mass is 15.3. The van der Waals surface area contributed by atoms with E-state index in [0.717, 1.165) is 29.1 Å². The molecule has 7 heteroatoms. The molecule has 0 amide bonds. The van der Waals surface area contributed by atoms with Crippen molar-refractivity contribution in [1.29, 1.82) is 0 Å². The van der Waals surface area contributed by atoms with Gasteiger partial charge in [-0.3, -0.25) is 0 Å². The van der Waals surface area contributed by atoms with Crippen LogP contribution < -0.4 is 10.6 Å². The average Bonchev–Trinajstić information content (AvgIpc) is 2.90. The van der Waals surface area contributed by atoms with Gasteiger partial charge in [-0.05, 0) is 19.1 Å². The molecule has 21 heavy (non-hydrogen) atoms. The molecule has 2 heterocycles. The standard InChI is InChI=1S/C14H17N7/c1-3-15-14-18-11-7-5-4-6-10(11)13(19-14)16-8-12-20-17-9-21(12)2/h4-7,9H,3,8H2,1-2H3,(H2,15,16,18,19). The van der Waals surface area contributed by atoms with E-state index in [0.29, 0.717) is 12.5 Å². The summed E-state index contributed by atoms with van der Waals surface area (Å²) in [4.78, 5) is 9.02. The third-order valence-electron chi connectivity index (χ3n) is 3.16. The molecule has 0 aliphatic carbocycles. The van der Waals surface area contributed by atoms with Crippen molar-refractivity contribution in [2.75, 3.05) is 17.2 Å². The van der Waals surface area contributed by atoms with Crippen molar-refractivity contribution in [3.63, 3.8) is 0 Å². The van der Waals surface area contributed by atoms with E-state index in [-0.39, 0.29) is 0 Å². The first-order valence-corrected chi connectivity index (χ1v) is 6.85. The zero-order valence-electron chi connectivity index (χ0n) is 12.0. The van der Waals surface area contributed by atoms with Gasteiger partial charge >= 0.3 is 0 Å². The van der Waals surface area contributed by atoms with E-state index in [1.165, 1.54) is 0 Å². The molecule has 0 saturated heterocycles. The fourth-order valence-electron chi connectivity index (χ4n) is 2.08. The Hall–Kier alpha value is -2.70. The van der Waals surface area contributed by atoms with Crippen LogP contribution in [0.4, 0.5) is 11.8 Å². The van der Waals surface area contributed by atoms with Crippen LogP contribution in [0.2, 0.25) is 0 Å². The minimum absolute atomic E-state index is 0.559. The summed E-state index contributed by atoms with van der Waals surface area (Å²) in [5, 5.41) is 15.4. The van der Waals surface area contributed by atoms with E-state index in [4.69, 9.17) is 0 Å². The van der Waals surface area contributed by atoms with Crippen molar-refractivity contribution >= 4 is 22.7 Å². The summed E-state index contributed by atoms with van der Waals surface area (Å²) < 4.78 is 1.88. The highest BCUT2D eigenvalue weighted by Gasteiger charge is 2.08. The number of nitrogens with one attached hydrogen (secondary N) is 2. The maximum absolute atomic E-state index is 4.53. The molecular formula is C14H17N7. The molecule has 3 aromatic rings. The molecule has 1 aromatic carbocycles. The highest BCUT2D eigenvalue weighted by molar-refractivity contribution is 5.89. The van der Waals surface area contributed by atoms with Gasteiger partial charge in [0.15, 0.2) is 5.82 Å². The Bertz CT molecular complexity index is 750. The van der Waals surface area contributed by atoms with E-state index < -0.39 is 0 Å². The van der Waals surface area contributed by atoms with Crippen molar-refractivity contribution in [1.82, 2.24) is 24.7 Å². The number of anilines is 2. The molecule has 0 fully saturated rings. The van der Waals surface area contributed by atoms with E-state index in [2.05, 4.69) is 30.8 Å². The molecule has 7 nitrogen and oxygen atoms in total. The number of benzene rings is 1. The molecule has 0 atom stereocenters. The molecule has 0 aliphatic heterocycles. The molecule has 0 bridgehead atoms. The lowest BCUT2D eigenvalue weighted by molar-refractivity contribution is 0.810. The maximum Gasteiger partial charge on any atom is 0.225 e. The summed E-state index contributed by atoms with van der Waals surface area (Å²) in [7, 11) is 1.92. The Morgan fingerprint density at radius 1 is 1.14 bits per heavy atom. The molecule has 0 radical (unpaired) electrons. The third kappa shape index (κ3) is 2.76. The summed E-state index contributed by atoms with van der Waals surface area (Å²) in [6.45, 7) is 3.36. The van der Waals surface area contributed by atoms with Crippen LogP contribution in [-0.4, -0.2) is 31.3 Å². The molecular weight excluding hydrogens is 266 g/mol. The van der Waals surface area contributed by atoms with E-state index in [1.54, 1.807) is 6.33 Å². The first-order valence-electron chi connectivity index (χ1n) is 6.85. The largest absolute Gasteiger partial charge is 0.362 e. The van der Waals surface area contributed by atoms with Crippen molar-refractivity contribution in [3.8, 4) is 0 Å². The molecule has 2 N–H and O–H groups in total. The van der Waals surface area contributed by atoms with Crippen molar-refractivity contribution < 1.29 is 0 Å². The zero-order chi connectivity index (χ0) is 14.7. The van der Waals surface area contributed by atoms with Crippen molar-refractivity contribution in [2.24, 2.45) is 7.05 Å². The molecule has 2 aromatic heterocycles. The first-order chi connectivity index (χ1) is 10.3. The topological polar surface area (TPSA) is 80.5 Å². The van der Waals surface area contributed by atoms with Gasteiger partial charge in [0.25, 0.3) is 0 Å². The van der Waals surface area contributed by atoms with Crippen LogP contribution in [0.1, 0.15) is 12.7 Å². The summed E-state index contributed by atoms with van der Waals surface area (Å²) in [5.41, 5.74) is 0.906. The van der Waals surface area contributed by atoms with E-state index in [1.807, 2.05) is 42.8 Å². The summed E-state index contributed by atoms with van der Waals surface area (Å²) in [6, 6.07) is 7.93. The first kappa shape index (κ1) is 13.3. The maximum atomic E-state index is 4.53. The smallest absolute Gasteiger partial charge is 0.225 e. The second-order valence-corrected chi connectivity index (χ2v) is 4.65. The summed E-state index contributed by atoms with van der Waals surface area (Å²) in [5.74, 6) is 2.26. The summed E-state index contributed by atoms with van der Waals surface area (Å²) in [6.07, 6.45) is 1.68. The SMILES string of the molecule is CCNc1nc(NCc2nncn2C)c2ccccc2n1. The van der Waals surface area contributed by atoms with Crippen LogP contribution >= 0.6 is 0 Å². The van der Waals surface area contributed by atoms with Crippen molar-refractivity contribution in [3.05, 3.63) is 36.4 Å². The molecule has 108 valence electrons. The second kappa shape index (κ2) is 5.74. The van der Waals surface area contributed by atoms with E-state index in [9.17, 15) is 0 Å². The number of hydrogen-bond donors (Lipinski definition) is 2. The second-order valence-electron chi connectivity index (χ2n) is 4.65. The number of hydrogen-bond acceptors (Lipinski definition) is 6. The molecule has 0 saturated carbocycles. The molecule has 0 aliphatic rings. The number of fused-ring (bicyclic) bond motifs is 1. The van der Waals surface area contributed by atoms with Gasteiger partial charge in [0.2, 0.25) is 5.95 Å². The van der Waals surface area contributed by atoms with Crippen LogP contribution in [0.15, 0.2) is 30.6 Å². The lowest BCUT2D eigenvalue weighted by Gasteiger charge is -2.10. The number of aryl methyl sites for hydroxylation is 1. The number of nitrogens with zero attached hydrogens (tertiary/aromatic N) is 5. The fraction of sp³-hybridized carbons (Fsp3) is 0.286. The van der Waals surface area contributed by atoms with Crippen LogP contribution in [0.25, 0.3) is 10.9 Å². The number of aromatic nitrogens is 5. The van der Waals surface area contributed by atoms with Gasteiger partial charge in [0.05, 0.1) is 12.1 Å². The molecule has 0 unspecified atom stereocenters. The summed E-state index contributed by atoms with van der Waals surface area (Å²) >= 11 is 0. The van der Waals surface area contributed by atoms with Gasteiger partial charge < -0.3 is 15.2 Å². The Balaban J connectivity index is 1.93. The average molecular weight is 283 g/mol. The Labute approximate surface area is 122 Å². The van der Waals surface area contributed by atoms with Crippen molar-refractivity contribution in [2.45, 2.75) is 13.5 Å². The Morgan fingerprint density at radius 3 is 2.76 bits per heavy atom.